The topological polar surface area (TPSA) is 29.1 Å². The fraction of sp³-hybridized carbons (Fsp3) is 0.667. The van der Waals surface area contributed by atoms with Crippen LogP contribution in [-0.2, 0) is 0 Å². The number of carbonyl (C=O) groups is 1. The first-order chi connectivity index (χ1) is 3.15. The molecule has 0 aromatic heterocycles. The molecule has 0 aromatic rings. The van der Waals surface area contributed by atoms with E-state index in [0.717, 1.165) is 0 Å². The number of thiol groups is 1. The third-order valence-corrected chi connectivity index (χ3v) is 0. The molecule has 0 saturated carbocycles. The Labute approximate surface area is 53.6 Å². The highest BCUT2D eigenvalue weighted by atomic mass is 35.5. The Balaban J connectivity index is 0. The van der Waals surface area contributed by atoms with E-state index in [-0.39, 0.29) is 0 Å². The average Bonchev–Trinajstić information content (AvgIpc) is 1.33. The van der Waals surface area contributed by atoms with Crippen molar-refractivity contribution in [1.82, 2.24) is 5.32 Å². The summed E-state index contributed by atoms with van der Waals surface area (Å²) in [5.41, 5.74) is 0. The minimum atomic E-state index is -0.667. The van der Waals surface area contributed by atoms with Crippen LogP contribution < -0.4 is 5.32 Å². The number of rotatable bonds is 0. The third-order valence-electron chi connectivity index (χ3n) is 0. The summed E-state index contributed by atoms with van der Waals surface area (Å²) < 4.78 is -0.667. The van der Waals surface area contributed by atoms with E-state index in [1.807, 2.05) is 14.1 Å². The SMILES string of the molecule is CNC.O=C(S)Cl. The first-order valence-corrected chi connectivity index (χ1v) is 2.44. The van der Waals surface area contributed by atoms with Gasteiger partial charge in [-0.3, -0.25) is 4.79 Å². The molecule has 0 radical (unpaired) electrons. The lowest BCUT2D eigenvalue weighted by Crippen LogP contribution is -1.89. The van der Waals surface area contributed by atoms with Gasteiger partial charge in [0, 0.05) is 0 Å². The molecule has 0 bridgehead atoms. The molecule has 0 amide bonds. The van der Waals surface area contributed by atoms with Crippen LogP contribution in [0.4, 0.5) is 4.79 Å². The second-order valence-corrected chi connectivity index (χ2v) is 1.77. The largest absolute Gasteiger partial charge is 0.323 e. The first kappa shape index (κ1) is 10.3. The number of halogens is 1. The number of carbonyl (C=O) groups excluding carboxylic acids is 1. The van der Waals surface area contributed by atoms with Gasteiger partial charge in [0.05, 0.1) is 0 Å². The van der Waals surface area contributed by atoms with Gasteiger partial charge in [0.2, 0.25) is 0 Å². The molecule has 0 heterocycles. The zero-order chi connectivity index (χ0) is 6.28. The molecule has 0 atom stereocenters. The summed E-state index contributed by atoms with van der Waals surface area (Å²) in [6, 6.07) is 0. The van der Waals surface area contributed by atoms with Gasteiger partial charge in [-0.15, -0.1) is 0 Å². The molecular formula is C3H8ClNOS. The monoisotopic (exact) mass is 141 g/mol. The number of hydrogen-bond acceptors (Lipinski definition) is 2. The molecule has 2 nitrogen and oxygen atoms in total. The molecular weight excluding hydrogens is 134 g/mol. The third kappa shape index (κ3) is 1570. The summed E-state index contributed by atoms with van der Waals surface area (Å²) in [7, 11) is 3.75. The highest BCUT2D eigenvalue weighted by Crippen LogP contribution is 1.83. The van der Waals surface area contributed by atoms with Crippen LogP contribution in [0.5, 0.6) is 0 Å². The van der Waals surface area contributed by atoms with Gasteiger partial charge in [0.15, 0.2) is 0 Å². The Morgan fingerprint density at radius 1 is 1.71 bits per heavy atom. The summed E-state index contributed by atoms with van der Waals surface area (Å²) in [5.74, 6) is 0. The quantitative estimate of drug-likeness (QED) is 0.391. The van der Waals surface area contributed by atoms with Crippen molar-refractivity contribution in [3.63, 3.8) is 0 Å². The summed E-state index contributed by atoms with van der Waals surface area (Å²) >= 11 is 7.59. The van der Waals surface area contributed by atoms with Crippen LogP contribution in [0.25, 0.3) is 0 Å². The Bertz CT molecular complexity index is 46.2. The van der Waals surface area contributed by atoms with Crippen LogP contribution >= 0.6 is 24.2 Å². The van der Waals surface area contributed by atoms with Crippen LogP contribution in [0.15, 0.2) is 0 Å². The van der Waals surface area contributed by atoms with Crippen molar-refractivity contribution in [2.45, 2.75) is 0 Å². The lowest BCUT2D eigenvalue weighted by molar-refractivity contribution is 0.276. The van der Waals surface area contributed by atoms with E-state index in [0.29, 0.717) is 0 Å². The molecule has 44 valence electrons. The van der Waals surface area contributed by atoms with E-state index < -0.39 is 4.57 Å². The zero-order valence-corrected chi connectivity index (χ0v) is 5.88. The molecule has 0 spiro atoms. The predicted octanol–water partition coefficient (Wildman–Crippen LogP) is 1.11. The van der Waals surface area contributed by atoms with Crippen molar-refractivity contribution < 1.29 is 4.79 Å². The van der Waals surface area contributed by atoms with Gasteiger partial charge < -0.3 is 5.32 Å². The molecule has 0 rings (SSSR count). The molecule has 0 unspecified atom stereocenters. The molecule has 0 saturated heterocycles. The average molecular weight is 142 g/mol. The van der Waals surface area contributed by atoms with Crippen molar-refractivity contribution >= 4 is 28.8 Å². The van der Waals surface area contributed by atoms with Crippen LogP contribution in [0.1, 0.15) is 0 Å². The zero-order valence-electron chi connectivity index (χ0n) is 4.23. The second kappa shape index (κ2) is 9.55. The Morgan fingerprint density at radius 3 is 1.71 bits per heavy atom. The van der Waals surface area contributed by atoms with Crippen molar-refractivity contribution in [3.05, 3.63) is 0 Å². The van der Waals surface area contributed by atoms with Gasteiger partial charge in [0.25, 0.3) is 4.57 Å². The van der Waals surface area contributed by atoms with Gasteiger partial charge in [-0.2, -0.15) is 0 Å². The lowest BCUT2D eigenvalue weighted by atomic mass is 11.3. The summed E-state index contributed by atoms with van der Waals surface area (Å²) in [4.78, 5) is 9.07. The van der Waals surface area contributed by atoms with E-state index in [2.05, 4.69) is 29.5 Å². The fourth-order valence-corrected chi connectivity index (χ4v) is 0. The normalized spacial score (nSPS) is 6.29. The van der Waals surface area contributed by atoms with Crippen molar-refractivity contribution in [2.75, 3.05) is 14.1 Å². The minimum Gasteiger partial charge on any atom is -0.323 e. The molecule has 0 aliphatic rings. The van der Waals surface area contributed by atoms with Crippen molar-refractivity contribution in [2.24, 2.45) is 0 Å². The molecule has 7 heavy (non-hydrogen) atoms. The molecule has 0 aliphatic carbocycles. The molecule has 4 heteroatoms. The highest BCUT2D eigenvalue weighted by molar-refractivity contribution is 8.00. The van der Waals surface area contributed by atoms with Gasteiger partial charge in [0.1, 0.15) is 0 Å². The van der Waals surface area contributed by atoms with Crippen molar-refractivity contribution in [1.29, 1.82) is 0 Å². The van der Waals surface area contributed by atoms with E-state index in [1.165, 1.54) is 0 Å². The minimum absolute atomic E-state index is 0.667. The van der Waals surface area contributed by atoms with E-state index >= 15 is 0 Å². The predicted molar refractivity (Wildman–Crippen MR) is 35.2 cm³/mol. The maximum absolute atomic E-state index is 9.07. The molecule has 0 aliphatic heterocycles. The Hall–Kier alpha value is 0.270. The second-order valence-electron chi connectivity index (χ2n) is 0.753. The van der Waals surface area contributed by atoms with E-state index in [1.54, 1.807) is 0 Å². The van der Waals surface area contributed by atoms with Crippen molar-refractivity contribution in [3.8, 4) is 0 Å². The Kier molecular flexibility index (Phi) is 14.0. The molecule has 0 fully saturated rings. The number of hydrogen-bond donors (Lipinski definition) is 2. The summed E-state index contributed by atoms with van der Waals surface area (Å²) in [5, 5.41) is 2.75. The van der Waals surface area contributed by atoms with Gasteiger partial charge in [-0.05, 0) is 25.7 Å². The maximum Gasteiger partial charge on any atom is 0.276 e. The summed E-state index contributed by atoms with van der Waals surface area (Å²) in [6.07, 6.45) is 0. The van der Waals surface area contributed by atoms with Crippen LogP contribution in [0.2, 0.25) is 0 Å². The van der Waals surface area contributed by atoms with Crippen LogP contribution in [-0.4, -0.2) is 18.7 Å². The molecule has 0 aromatic carbocycles. The van der Waals surface area contributed by atoms with E-state index in [4.69, 9.17) is 4.79 Å². The Morgan fingerprint density at radius 2 is 1.71 bits per heavy atom. The smallest absolute Gasteiger partial charge is 0.276 e. The lowest BCUT2D eigenvalue weighted by Gasteiger charge is -1.59. The molecule has 1 N–H and O–H groups in total. The van der Waals surface area contributed by atoms with Gasteiger partial charge in [-0.1, -0.05) is 12.6 Å². The summed E-state index contributed by atoms with van der Waals surface area (Å²) in [6.45, 7) is 0. The highest BCUT2D eigenvalue weighted by Gasteiger charge is 1.68. The fourth-order valence-electron chi connectivity index (χ4n) is 0. The van der Waals surface area contributed by atoms with Gasteiger partial charge >= 0.3 is 0 Å². The van der Waals surface area contributed by atoms with Gasteiger partial charge in [-0.25, -0.2) is 0 Å². The van der Waals surface area contributed by atoms with E-state index in [9.17, 15) is 0 Å². The first-order valence-electron chi connectivity index (χ1n) is 1.62. The van der Waals surface area contributed by atoms with Crippen LogP contribution in [0.3, 0.4) is 0 Å². The standard InChI is InChI=1S/C2H7N.CHClOS/c1-3-2;2-1(3)4/h3H,1-2H3;(H,3,4). The maximum atomic E-state index is 9.07. The number of nitrogens with one attached hydrogen (secondary N) is 1. The van der Waals surface area contributed by atoms with Crippen LogP contribution in [0, 0.1) is 0 Å².